The van der Waals surface area contributed by atoms with Crippen LogP contribution in [0, 0.1) is 0 Å². The van der Waals surface area contributed by atoms with E-state index in [-0.39, 0.29) is 11.3 Å². The van der Waals surface area contributed by atoms with Crippen LogP contribution in [-0.2, 0) is 0 Å². The minimum Gasteiger partial charge on any atom is -0.507 e. The van der Waals surface area contributed by atoms with Gasteiger partial charge in [0.25, 0.3) is 5.91 Å². The molecule has 0 aliphatic carbocycles. The molecule has 17 heavy (non-hydrogen) atoms. The second kappa shape index (κ2) is 5.48. The molecular formula is C11H14BrNO4. The number of halogens is 1. The van der Waals surface area contributed by atoms with Gasteiger partial charge in [0.15, 0.2) is 0 Å². The molecule has 0 aliphatic rings. The van der Waals surface area contributed by atoms with Crippen LogP contribution in [0.15, 0.2) is 22.7 Å². The Morgan fingerprint density at radius 2 is 2.00 bits per heavy atom. The molecule has 5 nitrogen and oxygen atoms in total. The van der Waals surface area contributed by atoms with Crippen molar-refractivity contribution in [3.05, 3.63) is 28.2 Å². The molecule has 0 radical (unpaired) electrons. The summed E-state index contributed by atoms with van der Waals surface area (Å²) >= 11 is 3.16. The Labute approximate surface area is 107 Å². The van der Waals surface area contributed by atoms with Gasteiger partial charge in [-0.05, 0) is 25.1 Å². The highest BCUT2D eigenvalue weighted by atomic mass is 79.9. The molecule has 1 aromatic carbocycles. The van der Waals surface area contributed by atoms with E-state index in [9.17, 15) is 9.90 Å². The van der Waals surface area contributed by atoms with Crippen LogP contribution in [-0.4, -0.2) is 40.0 Å². The first kappa shape index (κ1) is 14.0. The largest absolute Gasteiger partial charge is 0.507 e. The van der Waals surface area contributed by atoms with Gasteiger partial charge in [-0.3, -0.25) is 4.79 Å². The maximum absolute atomic E-state index is 11.8. The Bertz CT molecular complexity index is 418. The van der Waals surface area contributed by atoms with E-state index < -0.39 is 24.7 Å². The van der Waals surface area contributed by atoms with Crippen LogP contribution in [0.4, 0.5) is 0 Å². The number of aliphatic hydroxyl groups is 2. The lowest BCUT2D eigenvalue weighted by molar-refractivity contribution is 0.0721. The van der Waals surface area contributed by atoms with Crippen LogP contribution in [0.1, 0.15) is 17.3 Å². The Morgan fingerprint density at radius 1 is 1.41 bits per heavy atom. The summed E-state index contributed by atoms with van der Waals surface area (Å²) in [5.74, 6) is -0.726. The van der Waals surface area contributed by atoms with Gasteiger partial charge < -0.3 is 20.6 Å². The van der Waals surface area contributed by atoms with Gasteiger partial charge in [0.2, 0.25) is 0 Å². The zero-order chi connectivity index (χ0) is 13.1. The Kier molecular flexibility index (Phi) is 4.50. The van der Waals surface area contributed by atoms with Crippen LogP contribution in [0.2, 0.25) is 0 Å². The van der Waals surface area contributed by atoms with Crippen molar-refractivity contribution in [1.29, 1.82) is 0 Å². The van der Waals surface area contributed by atoms with Gasteiger partial charge in [0.05, 0.1) is 24.3 Å². The molecule has 0 saturated carbocycles. The summed E-state index contributed by atoms with van der Waals surface area (Å²) < 4.78 is 0.652. The molecular weight excluding hydrogens is 290 g/mol. The fourth-order valence-corrected chi connectivity index (χ4v) is 1.52. The normalized spacial score (nSPS) is 11.3. The first-order valence-corrected chi connectivity index (χ1v) is 5.74. The van der Waals surface area contributed by atoms with Crippen LogP contribution in [0.25, 0.3) is 0 Å². The maximum Gasteiger partial charge on any atom is 0.255 e. The number of aromatic hydroxyl groups is 1. The molecule has 0 aliphatic heterocycles. The quantitative estimate of drug-likeness (QED) is 0.657. The van der Waals surface area contributed by atoms with Crippen LogP contribution < -0.4 is 5.32 Å². The SMILES string of the molecule is CC(CO)(CO)NC(=O)c1ccc(Br)cc1O. The summed E-state index contributed by atoms with van der Waals surface area (Å²) in [4.78, 5) is 11.8. The molecule has 0 bridgehead atoms. The van der Waals surface area contributed by atoms with Crippen molar-refractivity contribution < 1.29 is 20.1 Å². The lowest BCUT2D eigenvalue weighted by atomic mass is 10.0. The van der Waals surface area contributed by atoms with Gasteiger partial charge >= 0.3 is 0 Å². The smallest absolute Gasteiger partial charge is 0.255 e. The third-order valence-corrected chi connectivity index (χ3v) is 2.81. The minimum absolute atomic E-state index is 0.0846. The van der Waals surface area contributed by atoms with Crippen LogP contribution in [0.3, 0.4) is 0 Å². The van der Waals surface area contributed by atoms with E-state index in [0.717, 1.165) is 0 Å². The lowest BCUT2D eigenvalue weighted by Crippen LogP contribution is -2.51. The molecule has 0 atom stereocenters. The van der Waals surface area contributed by atoms with Crippen LogP contribution in [0.5, 0.6) is 5.75 Å². The van der Waals surface area contributed by atoms with Gasteiger partial charge in [-0.15, -0.1) is 0 Å². The predicted octanol–water partition coefficient (Wildman–Crippen LogP) is 0.628. The summed E-state index contributed by atoms with van der Waals surface area (Å²) in [5.41, 5.74) is -1.03. The molecule has 0 saturated heterocycles. The van der Waals surface area contributed by atoms with Crippen molar-refractivity contribution in [3.8, 4) is 5.75 Å². The molecule has 1 amide bonds. The van der Waals surface area contributed by atoms with Crippen molar-refractivity contribution in [2.24, 2.45) is 0 Å². The number of aliphatic hydroxyl groups excluding tert-OH is 2. The van der Waals surface area contributed by atoms with E-state index in [2.05, 4.69) is 21.2 Å². The summed E-state index contributed by atoms with van der Waals surface area (Å²) in [6.07, 6.45) is 0. The van der Waals surface area contributed by atoms with Gasteiger partial charge in [-0.25, -0.2) is 0 Å². The van der Waals surface area contributed by atoms with E-state index in [1.54, 1.807) is 6.07 Å². The fourth-order valence-electron chi connectivity index (χ4n) is 1.17. The number of nitrogens with one attached hydrogen (secondary N) is 1. The monoisotopic (exact) mass is 303 g/mol. The van der Waals surface area contributed by atoms with Gasteiger partial charge in [-0.1, -0.05) is 15.9 Å². The molecule has 0 fully saturated rings. The van der Waals surface area contributed by atoms with Gasteiger partial charge in [0.1, 0.15) is 5.75 Å². The number of hydrogen-bond acceptors (Lipinski definition) is 4. The number of amides is 1. The number of phenolic OH excluding ortho intramolecular Hbond substituents is 1. The average molecular weight is 304 g/mol. The molecule has 0 heterocycles. The Balaban J connectivity index is 2.90. The van der Waals surface area contributed by atoms with E-state index >= 15 is 0 Å². The number of phenols is 1. The summed E-state index contributed by atoms with van der Waals surface area (Å²) in [6.45, 7) is 0.708. The zero-order valence-corrected chi connectivity index (χ0v) is 10.9. The second-order valence-corrected chi connectivity index (χ2v) is 4.91. The highest BCUT2D eigenvalue weighted by Gasteiger charge is 2.26. The van der Waals surface area contributed by atoms with Gasteiger partial charge in [-0.2, -0.15) is 0 Å². The molecule has 1 rings (SSSR count). The zero-order valence-electron chi connectivity index (χ0n) is 9.27. The highest BCUT2D eigenvalue weighted by Crippen LogP contribution is 2.22. The molecule has 94 valence electrons. The lowest BCUT2D eigenvalue weighted by Gasteiger charge is -2.26. The first-order chi connectivity index (χ1) is 7.91. The number of carbonyl (C=O) groups is 1. The van der Waals surface area contributed by atoms with Crippen molar-refractivity contribution in [1.82, 2.24) is 5.32 Å². The topological polar surface area (TPSA) is 89.8 Å². The van der Waals surface area contributed by atoms with Crippen molar-refractivity contribution in [3.63, 3.8) is 0 Å². The predicted molar refractivity (Wildman–Crippen MR) is 65.8 cm³/mol. The van der Waals surface area contributed by atoms with Crippen LogP contribution >= 0.6 is 15.9 Å². The Hall–Kier alpha value is -1.11. The summed E-state index contributed by atoms with van der Waals surface area (Å²) in [6, 6.07) is 4.46. The second-order valence-electron chi connectivity index (χ2n) is 3.99. The third kappa shape index (κ3) is 3.42. The van der Waals surface area contributed by atoms with E-state index in [4.69, 9.17) is 10.2 Å². The third-order valence-electron chi connectivity index (χ3n) is 2.32. The molecule has 0 unspecified atom stereocenters. The first-order valence-electron chi connectivity index (χ1n) is 4.94. The van der Waals surface area contributed by atoms with Crippen molar-refractivity contribution >= 4 is 21.8 Å². The summed E-state index contributed by atoms with van der Waals surface area (Å²) in [7, 11) is 0. The number of hydrogen-bond donors (Lipinski definition) is 4. The van der Waals surface area contributed by atoms with Crippen molar-refractivity contribution in [2.45, 2.75) is 12.5 Å². The number of benzene rings is 1. The number of carbonyl (C=O) groups excluding carboxylic acids is 1. The summed E-state index contributed by atoms with van der Waals surface area (Å²) in [5, 5.41) is 30.1. The van der Waals surface area contributed by atoms with Crippen molar-refractivity contribution in [2.75, 3.05) is 13.2 Å². The maximum atomic E-state index is 11.8. The molecule has 0 aromatic heterocycles. The molecule has 1 aromatic rings. The average Bonchev–Trinajstić information content (AvgIpc) is 2.28. The molecule has 4 N–H and O–H groups in total. The standard InChI is InChI=1S/C11H14BrNO4/c1-11(5-14,6-15)13-10(17)8-3-2-7(12)4-9(8)16/h2-4,14-16H,5-6H2,1H3,(H,13,17). The van der Waals surface area contributed by atoms with E-state index in [1.807, 2.05) is 0 Å². The number of rotatable bonds is 4. The van der Waals surface area contributed by atoms with E-state index in [0.29, 0.717) is 4.47 Å². The minimum atomic E-state index is -1.11. The Morgan fingerprint density at radius 3 is 2.47 bits per heavy atom. The van der Waals surface area contributed by atoms with E-state index in [1.165, 1.54) is 19.1 Å². The highest BCUT2D eigenvalue weighted by molar-refractivity contribution is 9.10. The van der Waals surface area contributed by atoms with Gasteiger partial charge in [0, 0.05) is 4.47 Å². The molecule has 0 spiro atoms. The molecule has 6 heteroatoms. The fraction of sp³-hybridized carbons (Fsp3) is 0.364.